The van der Waals surface area contributed by atoms with Crippen LogP contribution in [0, 0.1) is 0 Å². The van der Waals surface area contributed by atoms with E-state index in [0.717, 1.165) is 71.7 Å². The molecule has 0 atom stereocenters. The van der Waals surface area contributed by atoms with Gasteiger partial charge in [0.05, 0.1) is 38.6 Å². The molecule has 17 aromatic rings. The van der Waals surface area contributed by atoms with Crippen molar-refractivity contribution >= 4 is 76.3 Å². The highest BCUT2D eigenvalue weighted by molar-refractivity contribution is 6.14. The van der Waals surface area contributed by atoms with Crippen LogP contribution in [0.5, 0.6) is 0 Å². The zero-order chi connectivity index (χ0) is 62.7. The van der Waals surface area contributed by atoms with E-state index in [1.165, 1.54) is 116 Å². The molecule has 4 aromatic heterocycles. The lowest BCUT2D eigenvalue weighted by atomic mass is 9.81. The Hall–Kier alpha value is -11.4. The van der Waals surface area contributed by atoms with Gasteiger partial charge in [-0.05, 0) is 191 Å². The van der Waals surface area contributed by atoms with Crippen LogP contribution < -0.4 is 0 Å². The largest absolute Gasteiger partial charge is 0.309 e. The number of rotatable bonds is 6. The van der Waals surface area contributed by atoms with Crippen LogP contribution in [0.15, 0.2) is 273 Å². The van der Waals surface area contributed by atoms with E-state index in [9.17, 15) is 0 Å². The van der Waals surface area contributed by atoms with Crippen LogP contribution >= 0.6 is 0 Å². The normalized spacial score (nSPS) is 14.5. The maximum atomic E-state index is 5.94. The molecule has 0 saturated heterocycles. The first-order valence-electron chi connectivity index (χ1n) is 33.0. The van der Waals surface area contributed by atoms with Crippen molar-refractivity contribution in [1.29, 1.82) is 0 Å². The standard InChI is InChI=1S/C89H63N5/c1-87(2)72-25-13-7-19-59(72)62-38-31-55(48-75(62)87)52-34-42-82-68(45-52)65-22-10-16-28-79(65)92(82)58-37-41-78-71(51-58)85(93-80-29-17-11-23-66(80)69-46-53(35-43-83(69)93)56-32-39-63-60-20-8-14-26-73(60)88(3,4)76(63)49-56)91-86(90-78)94-81-30-18-12-24-67(81)70-47-54(36-44-84(70)94)57-33-40-64-61-21-9-15-27-74(61)89(5,6)77(64)50-57/h7-51H,1-6H3. The minimum absolute atomic E-state index is 0.0963. The van der Waals surface area contributed by atoms with Crippen molar-refractivity contribution in [2.24, 2.45) is 0 Å². The van der Waals surface area contributed by atoms with E-state index in [-0.39, 0.29) is 16.2 Å². The minimum atomic E-state index is -0.116. The van der Waals surface area contributed by atoms with Crippen LogP contribution in [0.3, 0.4) is 0 Å². The Labute approximate surface area is 545 Å². The molecule has 0 aliphatic heterocycles. The van der Waals surface area contributed by atoms with Crippen molar-refractivity contribution in [3.8, 4) is 84.2 Å². The lowest BCUT2D eigenvalue weighted by molar-refractivity contribution is 0.660. The maximum absolute atomic E-state index is 5.94. The van der Waals surface area contributed by atoms with E-state index in [4.69, 9.17) is 9.97 Å². The molecule has 13 aromatic carbocycles. The van der Waals surface area contributed by atoms with Gasteiger partial charge in [0.15, 0.2) is 5.82 Å². The van der Waals surface area contributed by atoms with Gasteiger partial charge in [0.2, 0.25) is 5.95 Å². The number of benzene rings is 13. The molecule has 20 rings (SSSR count). The SMILES string of the molecule is CC1(C)c2ccccc2-c2ccc(-c3ccc4c(c3)c3ccccc3n4-c3ccc4nc(-n5c6ccccc6c6cc(-c7ccc8c(c7)C(C)(C)c7ccccc7-8)ccc65)nc(-n5c6ccccc6c6cc(-c7ccc8c(c7)C(C)(C)c7ccccc7-8)ccc65)c4c3)cc21. The Morgan fingerprint density at radius 1 is 0.234 bits per heavy atom. The van der Waals surface area contributed by atoms with Crippen LogP contribution in [0.25, 0.3) is 161 Å². The van der Waals surface area contributed by atoms with E-state index in [1.54, 1.807) is 0 Å². The molecular formula is C89H63N5. The second kappa shape index (κ2) is 18.9. The van der Waals surface area contributed by atoms with Gasteiger partial charge in [0.25, 0.3) is 0 Å². The summed E-state index contributed by atoms with van der Waals surface area (Å²) in [6, 6.07) is 102. The van der Waals surface area contributed by atoms with Crippen molar-refractivity contribution in [2.75, 3.05) is 0 Å². The van der Waals surface area contributed by atoms with E-state index < -0.39 is 0 Å². The Kier molecular flexibility index (Phi) is 10.7. The molecule has 0 fully saturated rings. The number of hydrogen-bond acceptors (Lipinski definition) is 2. The first-order valence-corrected chi connectivity index (χ1v) is 33.0. The average Bonchev–Trinajstić information content (AvgIpc) is 1.57. The van der Waals surface area contributed by atoms with Crippen molar-refractivity contribution < 1.29 is 0 Å². The summed E-state index contributed by atoms with van der Waals surface area (Å²) >= 11 is 0. The summed E-state index contributed by atoms with van der Waals surface area (Å²) < 4.78 is 7.13. The van der Waals surface area contributed by atoms with E-state index >= 15 is 0 Å². The summed E-state index contributed by atoms with van der Waals surface area (Å²) in [5.41, 5.74) is 31.5. The Balaban J connectivity index is 0.785. The maximum Gasteiger partial charge on any atom is 0.237 e. The van der Waals surface area contributed by atoms with Crippen LogP contribution in [0.1, 0.15) is 74.9 Å². The van der Waals surface area contributed by atoms with Gasteiger partial charge in [-0.2, -0.15) is 4.98 Å². The Bertz CT molecular complexity index is 6210. The second-order valence-corrected chi connectivity index (χ2v) is 28.1. The van der Waals surface area contributed by atoms with Crippen LogP contribution in [-0.4, -0.2) is 23.7 Å². The fraction of sp³-hybridized carbons (Fsp3) is 0.101. The van der Waals surface area contributed by atoms with Gasteiger partial charge in [-0.1, -0.05) is 224 Å². The lowest BCUT2D eigenvalue weighted by Gasteiger charge is -2.22. The molecule has 0 radical (unpaired) electrons. The quantitative estimate of drug-likeness (QED) is 0.166. The molecule has 5 nitrogen and oxygen atoms in total. The average molecular weight is 1200 g/mol. The molecular weight excluding hydrogens is 1140 g/mol. The highest BCUT2D eigenvalue weighted by Gasteiger charge is 2.38. The number of hydrogen-bond donors (Lipinski definition) is 0. The summed E-state index contributed by atoms with van der Waals surface area (Å²) in [5.74, 6) is 1.42. The van der Waals surface area contributed by atoms with Crippen molar-refractivity contribution in [2.45, 2.75) is 57.8 Å². The van der Waals surface area contributed by atoms with Crippen molar-refractivity contribution in [1.82, 2.24) is 23.7 Å². The summed E-state index contributed by atoms with van der Waals surface area (Å²) in [4.78, 5) is 11.6. The van der Waals surface area contributed by atoms with Gasteiger partial charge in [0.1, 0.15) is 0 Å². The van der Waals surface area contributed by atoms with Gasteiger partial charge in [-0.25, -0.2) is 4.98 Å². The smallest absolute Gasteiger partial charge is 0.237 e. The topological polar surface area (TPSA) is 40.6 Å². The van der Waals surface area contributed by atoms with Crippen LogP contribution in [-0.2, 0) is 16.2 Å². The van der Waals surface area contributed by atoms with Crippen molar-refractivity contribution in [3.63, 3.8) is 0 Å². The van der Waals surface area contributed by atoms with Gasteiger partial charge in [0, 0.05) is 59.6 Å². The van der Waals surface area contributed by atoms with E-state index in [2.05, 4.69) is 328 Å². The molecule has 94 heavy (non-hydrogen) atoms. The molecule has 0 N–H and O–H groups in total. The third-order valence-electron chi connectivity index (χ3n) is 22.1. The summed E-state index contributed by atoms with van der Waals surface area (Å²) in [7, 11) is 0. The summed E-state index contributed by atoms with van der Waals surface area (Å²) in [6.45, 7) is 14.2. The van der Waals surface area contributed by atoms with Gasteiger partial charge in [-0.15, -0.1) is 0 Å². The molecule has 0 unspecified atom stereocenters. The zero-order valence-corrected chi connectivity index (χ0v) is 53.2. The lowest BCUT2D eigenvalue weighted by Crippen LogP contribution is -2.14. The predicted octanol–water partition coefficient (Wildman–Crippen LogP) is 22.8. The molecule has 3 aliphatic rings. The monoisotopic (exact) mass is 1200 g/mol. The third kappa shape index (κ3) is 7.24. The molecule has 3 aliphatic carbocycles. The van der Waals surface area contributed by atoms with Crippen LogP contribution in [0.4, 0.5) is 0 Å². The fourth-order valence-corrected chi connectivity index (χ4v) is 17.3. The molecule has 0 bridgehead atoms. The molecule has 0 spiro atoms. The minimum Gasteiger partial charge on any atom is -0.309 e. The highest BCUT2D eigenvalue weighted by Crippen LogP contribution is 2.53. The Morgan fingerprint density at radius 2 is 0.564 bits per heavy atom. The Morgan fingerprint density at radius 3 is 1.01 bits per heavy atom. The molecule has 4 heterocycles. The fourth-order valence-electron chi connectivity index (χ4n) is 17.3. The molecule has 5 heteroatoms. The molecule has 0 amide bonds. The number of fused-ring (bicyclic) bond motifs is 19. The van der Waals surface area contributed by atoms with Gasteiger partial charge < -0.3 is 4.57 Å². The van der Waals surface area contributed by atoms with Crippen molar-refractivity contribution in [3.05, 3.63) is 306 Å². The number of aromatic nitrogens is 5. The van der Waals surface area contributed by atoms with E-state index in [0.29, 0.717) is 5.95 Å². The first kappa shape index (κ1) is 53.3. The second-order valence-electron chi connectivity index (χ2n) is 28.1. The first-order chi connectivity index (χ1) is 45.9. The van der Waals surface area contributed by atoms with Gasteiger partial charge >= 0.3 is 0 Å². The van der Waals surface area contributed by atoms with E-state index in [1.807, 2.05) is 0 Å². The number of para-hydroxylation sites is 3. The predicted molar refractivity (Wildman–Crippen MR) is 392 cm³/mol. The molecule has 444 valence electrons. The van der Waals surface area contributed by atoms with Gasteiger partial charge in [-0.3, -0.25) is 9.13 Å². The summed E-state index contributed by atoms with van der Waals surface area (Å²) in [5, 5.41) is 7.99. The number of nitrogens with zero attached hydrogens (tertiary/aromatic N) is 5. The summed E-state index contributed by atoms with van der Waals surface area (Å²) in [6.07, 6.45) is 0. The third-order valence-corrected chi connectivity index (χ3v) is 22.1. The highest BCUT2D eigenvalue weighted by atomic mass is 15.2. The van der Waals surface area contributed by atoms with Crippen LogP contribution in [0.2, 0.25) is 0 Å². The molecule has 0 saturated carbocycles. The zero-order valence-electron chi connectivity index (χ0n) is 53.2.